The number of likely N-dealkylation sites (tertiary alicyclic amines) is 1. The number of Topliss-reactive ketones (excluding diaryl/α,β-unsaturated/α-hetero) is 1. The van der Waals surface area contributed by atoms with E-state index in [0.29, 0.717) is 50.9 Å². The SMILES string of the molecule is CSCC[C@H](NC(=O)[C@H](CC(C)C)NC(=O)[C@@H]1CCCN1C(=O)[C@@H](NC(=O)[C@H](CS)NC(=O)[C@H](CO)NC(=O)[C@@H]1CCCN1)C(C)C)C(=O)N[C@@H](CCCNC(=N)N)C(=O)C1CCCCC1. The topological polar surface area (TPSA) is 306 Å². The molecular weight excluding hydrogens is 891 g/mol. The van der Waals surface area contributed by atoms with Crippen LogP contribution < -0.4 is 48.3 Å². The van der Waals surface area contributed by atoms with Crippen LogP contribution in [0, 0.1) is 23.2 Å². The van der Waals surface area contributed by atoms with E-state index in [4.69, 9.17) is 11.1 Å². The summed E-state index contributed by atoms with van der Waals surface area (Å²) in [5, 5.41) is 39.5. The van der Waals surface area contributed by atoms with Gasteiger partial charge in [-0.1, -0.05) is 47.0 Å². The molecule has 3 rings (SSSR count). The number of thiol groups is 1. The summed E-state index contributed by atoms with van der Waals surface area (Å²) in [5.41, 5.74) is 5.44. The van der Waals surface area contributed by atoms with Gasteiger partial charge in [0.25, 0.3) is 0 Å². The van der Waals surface area contributed by atoms with Crippen molar-refractivity contribution in [3.05, 3.63) is 0 Å². The lowest BCUT2D eigenvalue weighted by Crippen LogP contribution is -2.61. The van der Waals surface area contributed by atoms with Crippen molar-refractivity contribution in [1.82, 2.24) is 47.4 Å². The van der Waals surface area contributed by atoms with E-state index in [1.807, 2.05) is 20.1 Å². The number of rotatable bonds is 27. The van der Waals surface area contributed by atoms with Crippen LogP contribution >= 0.6 is 24.4 Å². The van der Waals surface area contributed by atoms with E-state index in [2.05, 4.69) is 55.2 Å². The van der Waals surface area contributed by atoms with Gasteiger partial charge in [0, 0.05) is 24.8 Å². The van der Waals surface area contributed by atoms with Gasteiger partial charge in [0.2, 0.25) is 41.4 Å². The number of amides is 7. The second-order valence-corrected chi connectivity index (χ2v) is 19.7. The number of thioether (sulfide) groups is 1. The van der Waals surface area contributed by atoms with E-state index in [9.17, 15) is 43.5 Å². The van der Waals surface area contributed by atoms with Crippen molar-refractivity contribution in [2.45, 2.75) is 160 Å². The maximum atomic E-state index is 14.2. The minimum absolute atomic E-state index is 0.0421. The van der Waals surface area contributed by atoms with Gasteiger partial charge < -0.3 is 58.3 Å². The zero-order valence-electron chi connectivity index (χ0n) is 39.4. The van der Waals surface area contributed by atoms with Gasteiger partial charge in [-0.3, -0.25) is 43.8 Å². The first kappa shape index (κ1) is 56.2. The minimum Gasteiger partial charge on any atom is -0.394 e. The van der Waals surface area contributed by atoms with Crippen LogP contribution in [-0.2, 0) is 38.4 Å². The van der Waals surface area contributed by atoms with Crippen molar-refractivity contribution >= 4 is 77.5 Å². The predicted molar refractivity (Wildman–Crippen MR) is 256 cm³/mol. The van der Waals surface area contributed by atoms with Crippen LogP contribution in [0.1, 0.15) is 111 Å². The lowest BCUT2D eigenvalue weighted by atomic mass is 9.83. The molecule has 2 aliphatic heterocycles. The zero-order valence-corrected chi connectivity index (χ0v) is 41.1. The largest absolute Gasteiger partial charge is 0.394 e. The molecule has 1 saturated carbocycles. The van der Waals surface area contributed by atoms with E-state index >= 15 is 0 Å². The molecule has 0 spiro atoms. The molecular formula is C44H77N11O9S2. The fourth-order valence-electron chi connectivity index (χ4n) is 8.60. The zero-order chi connectivity index (χ0) is 48.9. The highest BCUT2D eigenvalue weighted by molar-refractivity contribution is 7.98. The molecule has 22 heteroatoms. The Morgan fingerprint density at radius 2 is 1.38 bits per heavy atom. The average molecular weight is 968 g/mol. The molecule has 0 aromatic carbocycles. The summed E-state index contributed by atoms with van der Waals surface area (Å²) in [6.07, 6.45) is 9.75. The normalized spacial score (nSPS) is 20.3. The highest BCUT2D eigenvalue weighted by atomic mass is 32.2. The molecule has 3 fully saturated rings. The third-order valence-corrected chi connectivity index (χ3v) is 13.3. The molecule has 0 aromatic rings. The van der Waals surface area contributed by atoms with Gasteiger partial charge in [0.05, 0.1) is 18.7 Å². The maximum Gasteiger partial charge on any atom is 0.246 e. The molecule has 1 aliphatic carbocycles. The first-order chi connectivity index (χ1) is 31.4. The van der Waals surface area contributed by atoms with Crippen molar-refractivity contribution in [3.8, 4) is 0 Å². The Kier molecular flexibility index (Phi) is 24.6. The van der Waals surface area contributed by atoms with Gasteiger partial charge in [0.1, 0.15) is 36.3 Å². The van der Waals surface area contributed by atoms with Crippen molar-refractivity contribution in [3.63, 3.8) is 0 Å². The fraction of sp³-hybridized carbons (Fsp3) is 0.795. The average Bonchev–Trinajstić information content (AvgIpc) is 4.02. The molecule has 0 bridgehead atoms. The van der Waals surface area contributed by atoms with Crippen LogP contribution in [0.2, 0.25) is 0 Å². The number of aliphatic hydroxyl groups is 1. The standard InChI is InChI=1S/C44H77N11O9S2/c1-25(2)22-31(39(60)50-30(17-21-66-5)38(59)49-28(14-9-19-48-44(45)46)36(57)27-12-7-6-8-13-27)51-42(63)34-16-11-20-55(34)43(64)35(26(3)4)54-41(62)33(24-65)53-40(61)32(23-56)52-37(58)29-15-10-18-47-29/h25-35,47,56,65H,6-24H2,1-5H3,(H,49,59)(H,50,60)(H,51,63)(H,52,58)(H,53,61)(H,54,62)(H4,45,46,48)/t28-,29-,30-,31-,32-,33-,34-,35-/m0/s1. The van der Waals surface area contributed by atoms with E-state index < -0.39 is 102 Å². The summed E-state index contributed by atoms with van der Waals surface area (Å²) >= 11 is 5.73. The molecule has 0 aromatic heterocycles. The summed E-state index contributed by atoms with van der Waals surface area (Å²) in [4.78, 5) is 111. The van der Waals surface area contributed by atoms with E-state index in [-0.39, 0.29) is 48.7 Å². The molecule has 8 atom stereocenters. The first-order valence-corrected chi connectivity index (χ1v) is 25.6. The minimum atomic E-state index is -1.33. The summed E-state index contributed by atoms with van der Waals surface area (Å²) in [5.74, 6) is -4.73. The second kappa shape index (κ2) is 28.9. The lowest BCUT2D eigenvalue weighted by molar-refractivity contribution is -0.143. The highest BCUT2D eigenvalue weighted by Crippen LogP contribution is 2.26. The lowest BCUT2D eigenvalue weighted by Gasteiger charge is -2.32. The van der Waals surface area contributed by atoms with Crippen molar-refractivity contribution in [2.75, 3.05) is 44.0 Å². The van der Waals surface area contributed by atoms with Gasteiger partial charge in [-0.25, -0.2) is 0 Å². The quantitative estimate of drug-likeness (QED) is 0.0213. The number of carbonyl (C=O) groups excluding carboxylic acids is 8. The molecule has 3 aliphatic rings. The molecule has 0 unspecified atom stereocenters. The summed E-state index contributed by atoms with van der Waals surface area (Å²) in [7, 11) is 0. The Balaban J connectivity index is 1.72. The number of nitrogens with one attached hydrogen (secondary N) is 9. The number of aliphatic hydroxyl groups excluding tert-OH is 1. The van der Waals surface area contributed by atoms with Crippen LogP contribution in [0.15, 0.2) is 0 Å². The van der Waals surface area contributed by atoms with Crippen molar-refractivity contribution in [1.29, 1.82) is 5.41 Å². The third-order valence-electron chi connectivity index (χ3n) is 12.3. The van der Waals surface area contributed by atoms with Crippen LogP contribution in [0.3, 0.4) is 0 Å². The molecule has 374 valence electrons. The smallest absolute Gasteiger partial charge is 0.246 e. The second-order valence-electron chi connectivity index (χ2n) is 18.4. The van der Waals surface area contributed by atoms with Crippen LogP contribution in [0.5, 0.6) is 0 Å². The van der Waals surface area contributed by atoms with E-state index in [0.717, 1.165) is 38.5 Å². The van der Waals surface area contributed by atoms with Gasteiger partial charge in [0.15, 0.2) is 11.7 Å². The molecule has 12 N–H and O–H groups in total. The Bertz CT molecular complexity index is 1660. The van der Waals surface area contributed by atoms with Gasteiger partial charge in [-0.15, -0.1) is 0 Å². The third kappa shape index (κ3) is 17.8. The molecule has 2 heterocycles. The van der Waals surface area contributed by atoms with Gasteiger partial charge in [-0.05, 0) is 94.6 Å². The van der Waals surface area contributed by atoms with Gasteiger partial charge in [-0.2, -0.15) is 24.4 Å². The van der Waals surface area contributed by atoms with E-state index in [1.54, 1.807) is 13.8 Å². The molecule has 2 saturated heterocycles. The van der Waals surface area contributed by atoms with Gasteiger partial charge >= 0.3 is 0 Å². The molecule has 7 amide bonds. The number of ketones is 1. The Hall–Kier alpha value is -4.15. The summed E-state index contributed by atoms with van der Waals surface area (Å²) in [6.45, 7) is 7.74. The summed E-state index contributed by atoms with van der Waals surface area (Å²) < 4.78 is 0. The van der Waals surface area contributed by atoms with Crippen LogP contribution in [0.4, 0.5) is 0 Å². The fourth-order valence-corrected chi connectivity index (χ4v) is 9.33. The van der Waals surface area contributed by atoms with E-state index in [1.165, 1.54) is 16.7 Å². The number of hydrogen-bond acceptors (Lipinski definition) is 13. The monoisotopic (exact) mass is 968 g/mol. The number of guanidine groups is 1. The number of nitrogens with two attached hydrogens (primary N) is 1. The molecule has 66 heavy (non-hydrogen) atoms. The Morgan fingerprint density at radius 1 is 0.758 bits per heavy atom. The maximum absolute atomic E-state index is 14.2. The van der Waals surface area contributed by atoms with Crippen molar-refractivity contribution in [2.24, 2.45) is 23.5 Å². The predicted octanol–water partition coefficient (Wildman–Crippen LogP) is -0.572. The number of nitrogens with zero attached hydrogens (tertiary/aromatic N) is 1. The number of hydrogen-bond donors (Lipinski definition) is 12. The van der Waals surface area contributed by atoms with Crippen molar-refractivity contribution < 1.29 is 43.5 Å². The first-order valence-electron chi connectivity index (χ1n) is 23.6. The Morgan fingerprint density at radius 3 is 1.97 bits per heavy atom. The highest BCUT2D eigenvalue weighted by Gasteiger charge is 2.41. The molecule has 20 nitrogen and oxygen atoms in total. The van der Waals surface area contributed by atoms with Crippen LogP contribution in [-0.4, -0.2) is 155 Å². The molecule has 0 radical (unpaired) electrons. The number of carbonyl (C=O) groups is 8. The Labute approximate surface area is 399 Å². The summed E-state index contributed by atoms with van der Waals surface area (Å²) in [6, 6.07) is -8.02. The van der Waals surface area contributed by atoms with Crippen LogP contribution in [0.25, 0.3) is 0 Å².